The second-order valence-corrected chi connectivity index (χ2v) is 6.25. The van der Waals surface area contributed by atoms with Gasteiger partial charge >= 0.3 is 0 Å². The Labute approximate surface area is 162 Å². The van der Waals surface area contributed by atoms with Crippen LogP contribution >= 0.6 is 11.6 Å². The van der Waals surface area contributed by atoms with Crippen molar-refractivity contribution in [2.45, 2.75) is 6.61 Å². The number of anilines is 1. The molecule has 0 radical (unpaired) electrons. The molecule has 5 heteroatoms. The van der Waals surface area contributed by atoms with Gasteiger partial charge in [0.25, 0.3) is 0 Å². The van der Waals surface area contributed by atoms with Crippen LogP contribution in [0, 0.1) is 5.82 Å². The summed E-state index contributed by atoms with van der Waals surface area (Å²) in [5.41, 5.74) is 2.28. The highest BCUT2D eigenvalue weighted by Gasteiger charge is 2.01. The van der Waals surface area contributed by atoms with Crippen molar-refractivity contribution in [1.82, 2.24) is 0 Å². The first-order valence-electron chi connectivity index (χ1n) is 8.30. The van der Waals surface area contributed by atoms with Crippen molar-refractivity contribution in [3.8, 4) is 5.75 Å². The maximum Gasteiger partial charge on any atom is 0.248 e. The molecule has 0 saturated heterocycles. The second kappa shape index (κ2) is 9.01. The van der Waals surface area contributed by atoms with E-state index in [2.05, 4.69) is 5.32 Å². The highest BCUT2D eigenvalue weighted by molar-refractivity contribution is 6.30. The lowest BCUT2D eigenvalue weighted by atomic mass is 10.2. The van der Waals surface area contributed by atoms with E-state index in [1.807, 2.05) is 24.3 Å². The number of nitrogens with one attached hydrogen (secondary N) is 1. The molecule has 0 aliphatic heterocycles. The quantitative estimate of drug-likeness (QED) is 0.555. The lowest BCUT2D eigenvalue weighted by molar-refractivity contribution is -0.111. The summed E-state index contributed by atoms with van der Waals surface area (Å²) in [7, 11) is 0. The Balaban J connectivity index is 1.52. The maximum absolute atomic E-state index is 13.1. The molecule has 0 fully saturated rings. The van der Waals surface area contributed by atoms with Crippen molar-refractivity contribution < 1.29 is 13.9 Å². The third kappa shape index (κ3) is 5.97. The summed E-state index contributed by atoms with van der Waals surface area (Å²) in [5, 5.41) is 3.43. The Kier molecular flexibility index (Phi) is 6.23. The molecule has 136 valence electrons. The molecule has 0 aliphatic rings. The predicted octanol–water partition coefficient (Wildman–Crippen LogP) is 5.71. The minimum absolute atomic E-state index is 0.297. The van der Waals surface area contributed by atoms with Crippen molar-refractivity contribution in [2.75, 3.05) is 5.32 Å². The van der Waals surface area contributed by atoms with Crippen LogP contribution in [0.4, 0.5) is 10.1 Å². The molecular weight excluding hydrogens is 365 g/mol. The Morgan fingerprint density at radius 2 is 1.78 bits per heavy atom. The van der Waals surface area contributed by atoms with Crippen LogP contribution in [0.15, 0.2) is 78.9 Å². The zero-order valence-electron chi connectivity index (χ0n) is 14.4. The number of halogens is 2. The van der Waals surface area contributed by atoms with Gasteiger partial charge in [-0.2, -0.15) is 0 Å². The van der Waals surface area contributed by atoms with Gasteiger partial charge in [0.2, 0.25) is 5.91 Å². The van der Waals surface area contributed by atoms with Gasteiger partial charge in [-0.1, -0.05) is 35.9 Å². The molecule has 3 rings (SSSR count). The van der Waals surface area contributed by atoms with Gasteiger partial charge in [-0.3, -0.25) is 4.79 Å². The number of ether oxygens (including phenoxy) is 1. The summed E-state index contributed by atoms with van der Waals surface area (Å²) in [6.45, 7) is 0.430. The fourth-order valence-corrected chi connectivity index (χ4v) is 2.47. The first kappa shape index (κ1) is 18.7. The molecule has 27 heavy (non-hydrogen) atoms. The van der Waals surface area contributed by atoms with Gasteiger partial charge in [-0.25, -0.2) is 4.39 Å². The third-order valence-corrected chi connectivity index (χ3v) is 3.97. The predicted molar refractivity (Wildman–Crippen MR) is 106 cm³/mol. The molecule has 0 heterocycles. The highest BCUT2D eigenvalue weighted by Crippen LogP contribution is 2.18. The van der Waals surface area contributed by atoms with E-state index in [1.54, 1.807) is 42.5 Å². The first-order chi connectivity index (χ1) is 13.1. The summed E-state index contributed by atoms with van der Waals surface area (Å²) in [4.78, 5) is 12.0. The van der Waals surface area contributed by atoms with Gasteiger partial charge in [0.1, 0.15) is 18.2 Å². The molecule has 3 aromatic rings. The van der Waals surface area contributed by atoms with E-state index in [0.717, 1.165) is 5.56 Å². The molecule has 3 aromatic carbocycles. The number of rotatable bonds is 6. The van der Waals surface area contributed by atoms with Crippen LogP contribution in [-0.2, 0) is 11.4 Å². The first-order valence-corrected chi connectivity index (χ1v) is 8.68. The Bertz CT molecular complexity index is 937. The van der Waals surface area contributed by atoms with E-state index in [1.165, 1.54) is 18.2 Å². The van der Waals surface area contributed by atoms with Gasteiger partial charge in [0, 0.05) is 16.8 Å². The molecule has 3 nitrogen and oxygen atoms in total. The van der Waals surface area contributed by atoms with Gasteiger partial charge in [-0.05, 0) is 65.7 Å². The SMILES string of the molecule is O=C(/C=C/c1cccc(F)c1)Nc1ccc(OCc2ccc(Cl)cc2)cc1. The molecule has 1 N–H and O–H groups in total. The van der Waals surface area contributed by atoms with E-state index >= 15 is 0 Å². The smallest absolute Gasteiger partial charge is 0.248 e. The fourth-order valence-electron chi connectivity index (χ4n) is 2.35. The monoisotopic (exact) mass is 381 g/mol. The summed E-state index contributed by atoms with van der Waals surface area (Å²) < 4.78 is 18.8. The van der Waals surface area contributed by atoms with Crippen LogP contribution < -0.4 is 10.1 Å². The molecule has 0 saturated carbocycles. The lowest BCUT2D eigenvalue weighted by Gasteiger charge is -2.08. The number of carbonyl (C=O) groups excluding carboxylic acids is 1. The fraction of sp³-hybridized carbons (Fsp3) is 0.0455. The molecule has 0 bridgehead atoms. The van der Waals surface area contributed by atoms with Crippen molar-refractivity contribution >= 4 is 29.3 Å². The van der Waals surface area contributed by atoms with E-state index < -0.39 is 0 Å². The van der Waals surface area contributed by atoms with Gasteiger partial charge in [0.05, 0.1) is 0 Å². The van der Waals surface area contributed by atoms with Crippen molar-refractivity contribution in [1.29, 1.82) is 0 Å². The second-order valence-electron chi connectivity index (χ2n) is 5.82. The molecule has 0 spiro atoms. The minimum Gasteiger partial charge on any atom is -0.489 e. The third-order valence-electron chi connectivity index (χ3n) is 3.72. The van der Waals surface area contributed by atoms with Crippen molar-refractivity contribution in [3.63, 3.8) is 0 Å². The Hall–Kier alpha value is -3.11. The topological polar surface area (TPSA) is 38.3 Å². The molecule has 0 aliphatic carbocycles. The molecule has 0 unspecified atom stereocenters. The molecular formula is C22H17ClFNO2. The van der Waals surface area contributed by atoms with Crippen LogP contribution in [0.5, 0.6) is 5.75 Å². The van der Waals surface area contributed by atoms with E-state index in [0.29, 0.717) is 28.6 Å². The van der Waals surface area contributed by atoms with Crippen LogP contribution in [-0.4, -0.2) is 5.91 Å². The highest BCUT2D eigenvalue weighted by atomic mass is 35.5. The van der Waals surface area contributed by atoms with Crippen molar-refractivity contribution in [3.05, 3.63) is 101 Å². The largest absolute Gasteiger partial charge is 0.489 e. The normalized spacial score (nSPS) is 10.7. The lowest BCUT2D eigenvalue weighted by Crippen LogP contribution is -2.07. The Morgan fingerprint density at radius 1 is 1.04 bits per heavy atom. The summed E-state index contributed by atoms with van der Waals surface area (Å²) in [6.07, 6.45) is 2.92. The van der Waals surface area contributed by atoms with E-state index in [4.69, 9.17) is 16.3 Å². The molecule has 0 aromatic heterocycles. The number of hydrogen-bond acceptors (Lipinski definition) is 2. The number of hydrogen-bond donors (Lipinski definition) is 1. The summed E-state index contributed by atoms with van der Waals surface area (Å²) >= 11 is 5.86. The van der Waals surface area contributed by atoms with Crippen LogP contribution in [0.1, 0.15) is 11.1 Å². The average molecular weight is 382 g/mol. The van der Waals surface area contributed by atoms with Gasteiger partial charge < -0.3 is 10.1 Å². The van der Waals surface area contributed by atoms with E-state index in [9.17, 15) is 9.18 Å². The summed E-state index contributed by atoms with van der Waals surface area (Å²) in [6, 6.07) is 20.5. The average Bonchev–Trinajstić information content (AvgIpc) is 2.67. The van der Waals surface area contributed by atoms with Gasteiger partial charge in [-0.15, -0.1) is 0 Å². The molecule has 1 amide bonds. The minimum atomic E-state index is -0.341. The van der Waals surface area contributed by atoms with Crippen LogP contribution in [0.25, 0.3) is 6.08 Å². The summed E-state index contributed by atoms with van der Waals surface area (Å²) in [5.74, 6) is 0.0547. The van der Waals surface area contributed by atoms with Gasteiger partial charge in [0.15, 0.2) is 0 Å². The number of carbonyl (C=O) groups is 1. The van der Waals surface area contributed by atoms with Crippen LogP contribution in [0.2, 0.25) is 5.02 Å². The standard InChI is InChI=1S/C22H17ClFNO2/c23-18-7-4-17(5-8-18)15-27-21-11-9-20(10-12-21)25-22(26)13-6-16-2-1-3-19(24)14-16/h1-14H,15H2,(H,25,26)/b13-6+. The zero-order valence-corrected chi connectivity index (χ0v) is 15.1. The number of benzene rings is 3. The number of amides is 1. The van der Waals surface area contributed by atoms with E-state index in [-0.39, 0.29) is 11.7 Å². The van der Waals surface area contributed by atoms with Crippen molar-refractivity contribution in [2.24, 2.45) is 0 Å². The van der Waals surface area contributed by atoms with Crippen LogP contribution in [0.3, 0.4) is 0 Å². The maximum atomic E-state index is 13.1. The molecule has 0 atom stereocenters. The zero-order chi connectivity index (χ0) is 19.1. The Morgan fingerprint density at radius 3 is 2.48 bits per heavy atom.